The van der Waals surface area contributed by atoms with Gasteiger partial charge < -0.3 is 14.8 Å². The zero-order valence-electron chi connectivity index (χ0n) is 14.7. The molecule has 7 heteroatoms. The molecule has 0 spiro atoms. The highest BCUT2D eigenvalue weighted by Gasteiger charge is 2.31. The van der Waals surface area contributed by atoms with Crippen LogP contribution in [0.15, 0.2) is 55.1 Å². The fourth-order valence-electron chi connectivity index (χ4n) is 3.37. The SMILES string of the molecule is Cn1ccnc1C1CNCCN1C(=O)c1cnn(Cc2ccccc2)c1. The summed E-state index contributed by atoms with van der Waals surface area (Å²) >= 11 is 0. The van der Waals surface area contributed by atoms with Gasteiger partial charge in [-0.15, -0.1) is 0 Å². The molecule has 0 radical (unpaired) electrons. The number of rotatable bonds is 4. The molecule has 0 saturated carbocycles. The molecule has 1 saturated heterocycles. The molecular weight excluding hydrogens is 328 g/mol. The van der Waals surface area contributed by atoms with Gasteiger partial charge in [0.1, 0.15) is 11.9 Å². The molecule has 2 aromatic heterocycles. The molecule has 7 nitrogen and oxygen atoms in total. The average molecular weight is 350 g/mol. The van der Waals surface area contributed by atoms with Gasteiger partial charge in [0.2, 0.25) is 0 Å². The Kier molecular flexibility index (Phi) is 4.53. The zero-order valence-corrected chi connectivity index (χ0v) is 14.7. The number of nitrogens with one attached hydrogen (secondary N) is 1. The number of piperazine rings is 1. The van der Waals surface area contributed by atoms with Crippen molar-refractivity contribution in [1.82, 2.24) is 29.5 Å². The van der Waals surface area contributed by atoms with E-state index >= 15 is 0 Å². The van der Waals surface area contributed by atoms with Gasteiger partial charge in [-0.3, -0.25) is 9.48 Å². The maximum Gasteiger partial charge on any atom is 0.257 e. The zero-order chi connectivity index (χ0) is 17.9. The van der Waals surface area contributed by atoms with Crippen molar-refractivity contribution in [3.05, 3.63) is 72.1 Å². The summed E-state index contributed by atoms with van der Waals surface area (Å²) in [7, 11) is 1.96. The molecule has 1 aliphatic rings. The van der Waals surface area contributed by atoms with Crippen molar-refractivity contribution in [3.63, 3.8) is 0 Å². The third-order valence-corrected chi connectivity index (χ3v) is 4.73. The van der Waals surface area contributed by atoms with Crippen molar-refractivity contribution < 1.29 is 4.79 Å². The first-order chi connectivity index (χ1) is 12.7. The van der Waals surface area contributed by atoms with Crippen LogP contribution in [0.4, 0.5) is 0 Å². The van der Waals surface area contributed by atoms with Crippen molar-refractivity contribution in [3.8, 4) is 0 Å². The molecule has 1 unspecified atom stereocenters. The summed E-state index contributed by atoms with van der Waals surface area (Å²) < 4.78 is 3.78. The van der Waals surface area contributed by atoms with Crippen molar-refractivity contribution in [2.24, 2.45) is 7.05 Å². The number of amides is 1. The van der Waals surface area contributed by atoms with Crippen LogP contribution < -0.4 is 5.32 Å². The predicted molar refractivity (Wildman–Crippen MR) is 97.6 cm³/mol. The number of hydrogen-bond donors (Lipinski definition) is 1. The van der Waals surface area contributed by atoms with Gasteiger partial charge in [-0.05, 0) is 5.56 Å². The molecule has 1 atom stereocenters. The average Bonchev–Trinajstić information content (AvgIpc) is 3.31. The number of carbonyl (C=O) groups is 1. The Morgan fingerprint density at radius 2 is 2.15 bits per heavy atom. The molecule has 134 valence electrons. The number of aryl methyl sites for hydroxylation is 1. The maximum absolute atomic E-state index is 13.1. The second-order valence-electron chi connectivity index (χ2n) is 6.53. The van der Waals surface area contributed by atoms with Crippen molar-refractivity contribution in [2.75, 3.05) is 19.6 Å². The Balaban J connectivity index is 1.53. The number of aromatic nitrogens is 4. The lowest BCUT2D eigenvalue weighted by Gasteiger charge is -2.35. The highest BCUT2D eigenvalue weighted by atomic mass is 16.2. The van der Waals surface area contributed by atoms with Gasteiger partial charge in [0.05, 0.1) is 18.3 Å². The van der Waals surface area contributed by atoms with E-state index in [9.17, 15) is 4.79 Å². The van der Waals surface area contributed by atoms with Crippen LogP contribution in [0.3, 0.4) is 0 Å². The van der Waals surface area contributed by atoms with Crippen LogP contribution >= 0.6 is 0 Å². The summed E-state index contributed by atoms with van der Waals surface area (Å²) in [6, 6.07) is 10.0. The summed E-state index contributed by atoms with van der Waals surface area (Å²) in [5, 5.41) is 7.72. The summed E-state index contributed by atoms with van der Waals surface area (Å²) in [5.41, 5.74) is 1.77. The quantitative estimate of drug-likeness (QED) is 0.773. The van der Waals surface area contributed by atoms with Gasteiger partial charge in [0.15, 0.2) is 0 Å². The Labute approximate surface area is 152 Å². The highest BCUT2D eigenvalue weighted by Crippen LogP contribution is 2.22. The van der Waals surface area contributed by atoms with E-state index in [1.807, 2.05) is 47.1 Å². The van der Waals surface area contributed by atoms with Gasteiger partial charge >= 0.3 is 0 Å². The van der Waals surface area contributed by atoms with E-state index < -0.39 is 0 Å². The Bertz CT molecular complexity index is 884. The molecule has 1 fully saturated rings. The van der Waals surface area contributed by atoms with Crippen molar-refractivity contribution >= 4 is 5.91 Å². The Morgan fingerprint density at radius 3 is 2.92 bits per heavy atom. The highest BCUT2D eigenvalue weighted by molar-refractivity contribution is 5.94. The standard InChI is InChI=1S/C19H22N6O/c1-23-9-8-21-18(23)17-12-20-7-10-25(17)19(26)16-11-22-24(14-16)13-15-5-3-2-4-6-15/h2-6,8-9,11,14,17,20H,7,10,12-13H2,1H3. The summed E-state index contributed by atoms with van der Waals surface area (Å²) in [6.45, 7) is 2.79. The summed E-state index contributed by atoms with van der Waals surface area (Å²) in [6.07, 6.45) is 7.16. The molecule has 1 aliphatic heterocycles. The molecule has 3 heterocycles. The Hall–Kier alpha value is -2.93. The van der Waals surface area contributed by atoms with Crippen LogP contribution in [0.25, 0.3) is 0 Å². The number of carbonyl (C=O) groups excluding carboxylic acids is 1. The first-order valence-corrected chi connectivity index (χ1v) is 8.77. The number of benzene rings is 1. The van der Waals surface area contributed by atoms with Crippen LogP contribution in [0.2, 0.25) is 0 Å². The first-order valence-electron chi connectivity index (χ1n) is 8.77. The molecule has 0 aliphatic carbocycles. The molecule has 3 aromatic rings. The van der Waals surface area contributed by atoms with Gasteiger partial charge in [0, 0.05) is 45.3 Å². The van der Waals surface area contributed by atoms with E-state index in [1.54, 1.807) is 17.1 Å². The smallest absolute Gasteiger partial charge is 0.257 e. The van der Waals surface area contributed by atoms with Gasteiger partial charge in [-0.1, -0.05) is 30.3 Å². The van der Waals surface area contributed by atoms with Gasteiger partial charge in [0.25, 0.3) is 5.91 Å². The minimum atomic E-state index is -0.0753. The van der Waals surface area contributed by atoms with E-state index in [2.05, 4.69) is 27.5 Å². The second kappa shape index (κ2) is 7.13. The molecule has 26 heavy (non-hydrogen) atoms. The van der Waals surface area contributed by atoms with Crippen LogP contribution in [-0.4, -0.2) is 49.8 Å². The first kappa shape index (κ1) is 16.5. The van der Waals surface area contributed by atoms with Crippen LogP contribution in [0, 0.1) is 0 Å². The predicted octanol–water partition coefficient (Wildman–Crippen LogP) is 1.45. The second-order valence-corrected chi connectivity index (χ2v) is 6.53. The van der Waals surface area contributed by atoms with E-state index in [0.29, 0.717) is 25.2 Å². The van der Waals surface area contributed by atoms with Crippen LogP contribution in [-0.2, 0) is 13.6 Å². The minimum Gasteiger partial charge on any atom is -0.336 e. The van der Waals surface area contributed by atoms with E-state index in [0.717, 1.165) is 17.9 Å². The number of hydrogen-bond acceptors (Lipinski definition) is 4. The molecular formula is C19H22N6O. The molecule has 1 aromatic carbocycles. The summed E-state index contributed by atoms with van der Waals surface area (Å²) in [5.74, 6) is 0.890. The lowest BCUT2D eigenvalue weighted by atomic mass is 10.1. The fourth-order valence-corrected chi connectivity index (χ4v) is 3.37. The Morgan fingerprint density at radius 1 is 1.31 bits per heavy atom. The van der Waals surface area contributed by atoms with Crippen LogP contribution in [0.1, 0.15) is 27.8 Å². The maximum atomic E-state index is 13.1. The van der Waals surface area contributed by atoms with Crippen molar-refractivity contribution in [2.45, 2.75) is 12.6 Å². The van der Waals surface area contributed by atoms with E-state index in [4.69, 9.17) is 0 Å². The van der Waals surface area contributed by atoms with Gasteiger partial charge in [-0.2, -0.15) is 5.10 Å². The lowest BCUT2D eigenvalue weighted by Crippen LogP contribution is -2.49. The van der Waals surface area contributed by atoms with Gasteiger partial charge in [-0.25, -0.2) is 4.98 Å². The van der Waals surface area contributed by atoms with E-state index in [1.165, 1.54) is 0 Å². The fraction of sp³-hybridized carbons (Fsp3) is 0.316. The largest absolute Gasteiger partial charge is 0.336 e. The monoisotopic (exact) mass is 350 g/mol. The molecule has 1 N–H and O–H groups in total. The normalized spacial score (nSPS) is 17.4. The van der Waals surface area contributed by atoms with Crippen LogP contribution in [0.5, 0.6) is 0 Å². The molecule has 4 rings (SSSR count). The third-order valence-electron chi connectivity index (χ3n) is 4.73. The lowest BCUT2D eigenvalue weighted by molar-refractivity contribution is 0.0621. The third kappa shape index (κ3) is 3.25. The minimum absolute atomic E-state index is 0.00110. The van der Waals surface area contributed by atoms with E-state index in [-0.39, 0.29) is 11.9 Å². The molecule has 1 amide bonds. The number of nitrogens with zero attached hydrogens (tertiary/aromatic N) is 5. The topological polar surface area (TPSA) is 68.0 Å². The summed E-state index contributed by atoms with van der Waals surface area (Å²) in [4.78, 5) is 19.4. The number of imidazole rings is 1. The molecule has 0 bridgehead atoms. The van der Waals surface area contributed by atoms with Crippen molar-refractivity contribution in [1.29, 1.82) is 0 Å².